The lowest BCUT2D eigenvalue weighted by molar-refractivity contribution is 0.555. The Hall–Kier alpha value is -0.940. The molecule has 0 saturated heterocycles. The molecule has 0 aromatic heterocycles. The normalized spacial score (nSPS) is 13.6. The summed E-state index contributed by atoms with van der Waals surface area (Å²) >= 11 is 0. The molecule has 0 heterocycles. The first-order valence-electron chi connectivity index (χ1n) is 5.97. The number of aryl methyl sites for hydroxylation is 1. The van der Waals surface area contributed by atoms with Gasteiger partial charge in [-0.25, -0.2) is 12.8 Å². The number of halogens is 1. The molecule has 1 atom stereocenters. The maximum Gasteiger partial charge on any atom is 0.147 e. The van der Waals surface area contributed by atoms with Gasteiger partial charge in [0.2, 0.25) is 0 Å². The van der Waals surface area contributed by atoms with Crippen LogP contribution in [0.25, 0.3) is 0 Å². The topological polar surface area (TPSA) is 46.2 Å². The molecule has 0 aliphatic carbocycles. The fourth-order valence-corrected chi connectivity index (χ4v) is 2.32. The van der Waals surface area contributed by atoms with Crippen molar-refractivity contribution >= 4 is 9.84 Å². The fourth-order valence-electron chi connectivity index (χ4n) is 1.65. The van der Waals surface area contributed by atoms with Crippen LogP contribution in [0.5, 0.6) is 0 Å². The Kier molecular flexibility index (Phi) is 5.28. The molecule has 0 bridgehead atoms. The summed E-state index contributed by atoms with van der Waals surface area (Å²) in [6, 6.07) is 5.16. The highest BCUT2D eigenvalue weighted by molar-refractivity contribution is 7.90. The van der Waals surface area contributed by atoms with Crippen LogP contribution >= 0.6 is 0 Å². The SMILES string of the molecule is Cc1ccc(C(C)NCCCS(C)(=O)=O)cc1F. The summed E-state index contributed by atoms with van der Waals surface area (Å²) in [7, 11) is -2.90. The second kappa shape index (κ2) is 6.29. The predicted molar refractivity (Wildman–Crippen MR) is 71.9 cm³/mol. The molecule has 0 spiro atoms. The van der Waals surface area contributed by atoms with Gasteiger partial charge < -0.3 is 5.32 Å². The largest absolute Gasteiger partial charge is 0.310 e. The van der Waals surface area contributed by atoms with E-state index >= 15 is 0 Å². The van der Waals surface area contributed by atoms with Crippen LogP contribution in [0.1, 0.15) is 30.5 Å². The molecule has 0 radical (unpaired) electrons. The molecule has 0 fully saturated rings. The summed E-state index contributed by atoms with van der Waals surface area (Å²) in [6.07, 6.45) is 1.79. The van der Waals surface area contributed by atoms with E-state index in [1.54, 1.807) is 13.0 Å². The Balaban J connectivity index is 2.45. The summed E-state index contributed by atoms with van der Waals surface area (Å²) in [5.74, 6) is -0.0353. The quantitative estimate of drug-likeness (QED) is 0.808. The van der Waals surface area contributed by atoms with Crippen molar-refractivity contribution in [3.8, 4) is 0 Å². The van der Waals surface area contributed by atoms with Gasteiger partial charge in [-0.3, -0.25) is 0 Å². The summed E-state index contributed by atoms with van der Waals surface area (Å²) in [5.41, 5.74) is 1.50. The van der Waals surface area contributed by atoms with E-state index in [2.05, 4.69) is 5.32 Å². The Labute approximate surface area is 108 Å². The van der Waals surface area contributed by atoms with Crippen molar-refractivity contribution in [1.29, 1.82) is 0 Å². The van der Waals surface area contributed by atoms with Crippen molar-refractivity contribution in [2.75, 3.05) is 18.6 Å². The third-order valence-corrected chi connectivity index (χ3v) is 3.87. The first-order chi connectivity index (χ1) is 8.29. The number of rotatable bonds is 6. The average molecular weight is 273 g/mol. The summed E-state index contributed by atoms with van der Waals surface area (Å²) in [6.45, 7) is 4.26. The number of benzene rings is 1. The molecule has 5 heteroatoms. The second-order valence-electron chi connectivity index (χ2n) is 4.67. The molecule has 1 aromatic carbocycles. The van der Waals surface area contributed by atoms with Crippen LogP contribution in [-0.2, 0) is 9.84 Å². The van der Waals surface area contributed by atoms with Crippen molar-refractivity contribution < 1.29 is 12.8 Å². The number of nitrogens with one attached hydrogen (secondary N) is 1. The van der Waals surface area contributed by atoms with Crippen molar-refractivity contribution in [1.82, 2.24) is 5.32 Å². The van der Waals surface area contributed by atoms with E-state index in [1.165, 1.54) is 12.3 Å². The first kappa shape index (κ1) is 15.1. The Morgan fingerprint density at radius 3 is 2.61 bits per heavy atom. The summed E-state index contributed by atoms with van der Waals surface area (Å²) in [4.78, 5) is 0. The lowest BCUT2D eigenvalue weighted by Gasteiger charge is -2.14. The van der Waals surface area contributed by atoms with Crippen molar-refractivity contribution in [3.05, 3.63) is 35.1 Å². The van der Waals surface area contributed by atoms with Crippen LogP contribution in [0, 0.1) is 12.7 Å². The van der Waals surface area contributed by atoms with E-state index < -0.39 is 9.84 Å². The van der Waals surface area contributed by atoms with Gasteiger partial charge >= 0.3 is 0 Å². The lowest BCUT2D eigenvalue weighted by atomic mass is 10.1. The fraction of sp³-hybridized carbons (Fsp3) is 0.538. The van der Waals surface area contributed by atoms with Crippen molar-refractivity contribution in [2.45, 2.75) is 26.3 Å². The molecular formula is C13H20FNO2S. The number of sulfone groups is 1. The van der Waals surface area contributed by atoms with Crippen LogP contribution in [-0.4, -0.2) is 27.0 Å². The van der Waals surface area contributed by atoms with Gasteiger partial charge in [-0.05, 0) is 44.0 Å². The minimum absolute atomic E-state index is 0.0136. The Morgan fingerprint density at radius 2 is 2.06 bits per heavy atom. The van der Waals surface area contributed by atoms with Gasteiger partial charge in [-0.1, -0.05) is 12.1 Å². The highest BCUT2D eigenvalue weighted by Gasteiger charge is 2.08. The van der Waals surface area contributed by atoms with Crippen LogP contribution < -0.4 is 5.32 Å². The van der Waals surface area contributed by atoms with E-state index in [0.29, 0.717) is 18.5 Å². The zero-order valence-corrected chi connectivity index (χ0v) is 11.8. The standard InChI is InChI=1S/C13H20FNO2S/c1-10-5-6-12(9-13(10)14)11(2)15-7-4-8-18(3,16)17/h5-6,9,11,15H,4,7-8H2,1-3H3. The minimum atomic E-state index is -2.90. The summed E-state index contributed by atoms with van der Waals surface area (Å²) in [5, 5.41) is 3.19. The third-order valence-electron chi connectivity index (χ3n) is 2.84. The van der Waals surface area contributed by atoms with E-state index in [0.717, 1.165) is 5.56 Å². The highest BCUT2D eigenvalue weighted by atomic mass is 32.2. The molecular weight excluding hydrogens is 253 g/mol. The molecule has 0 amide bonds. The Bertz CT molecular complexity index is 500. The minimum Gasteiger partial charge on any atom is -0.310 e. The maximum absolute atomic E-state index is 13.4. The van der Waals surface area contributed by atoms with Crippen LogP contribution in [0.15, 0.2) is 18.2 Å². The lowest BCUT2D eigenvalue weighted by Crippen LogP contribution is -2.22. The average Bonchev–Trinajstić information content (AvgIpc) is 2.26. The van der Waals surface area contributed by atoms with Gasteiger partial charge in [0, 0.05) is 12.3 Å². The van der Waals surface area contributed by atoms with E-state index in [-0.39, 0.29) is 17.6 Å². The van der Waals surface area contributed by atoms with Gasteiger partial charge in [0.25, 0.3) is 0 Å². The van der Waals surface area contributed by atoms with Crippen LogP contribution in [0.3, 0.4) is 0 Å². The van der Waals surface area contributed by atoms with E-state index in [9.17, 15) is 12.8 Å². The molecule has 1 N–H and O–H groups in total. The molecule has 0 saturated carbocycles. The van der Waals surface area contributed by atoms with Crippen LogP contribution in [0.4, 0.5) is 4.39 Å². The third kappa shape index (κ3) is 5.14. The van der Waals surface area contributed by atoms with Crippen molar-refractivity contribution in [3.63, 3.8) is 0 Å². The highest BCUT2D eigenvalue weighted by Crippen LogP contribution is 2.16. The molecule has 1 unspecified atom stereocenters. The first-order valence-corrected chi connectivity index (χ1v) is 8.03. The smallest absolute Gasteiger partial charge is 0.147 e. The number of hydrogen-bond acceptors (Lipinski definition) is 3. The van der Waals surface area contributed by atoms with E-state index in [1.807, 2.05) is 13.0 Å². The predicted octanol–water partition coefficient (Wildman–Crippen LogP) is 2.22. The monoisotopic (exact) mass is 273 g/mol. The molecule has 1 aromatic rings. The van der Waals surface area contributed by atoms with Gasteiger partial charge in [0.05, 0.1) is 5.75 Å². The van der Waals surface area contributed by atoms with Gasteiger partial charge in [0.1, 0.15) is 15.7 Å². The second-order valence-corrected chi connectivity index (χ2v) is 6.93. The number of hydrogen-bond donors (Lipinski definition) is 1. The zero-order chi connectivity index (χ0) is 13.8. The molecule has 0 aliphatic heterocycles. The molecule has 3 nitrogen and oxygen atoms in total. The van der Waals surface area contributed by atoms with Crippen molar-refractivity contribution in [2.24, 2.45) is 0 Å². The van der Waals surface area contributed by atoms with Crippen LogP contribution in [0.2, 0.25) is 0 Å². The Morgan fingerprint density at radius 1 is 1.39 bits per heavy atom. The van der Waals surface area contributed by atoms with Gasteiger partial charge in [-0.15, -0.1) is 0 Å². The molecule has 102 valence electrons. The van der Waals surface area contributed by atoms with E-state index in [4.69, 9.17) is 0 Å². The molecule has 18 heavy (non-hydrogen) atoms. The van der Waals surface area contributed by atoms with Gasteiger partial charge in [-0.2, -0.15) is 0 Å². The maximum atomic E-state index is 13.4. The molecule has 0 aliphatic rings. The molecule has 1 rings (SSSR count). The summed E-state index contributed by atoms with van der Waals surface area (Å²) < 4.78 is 35.3. The zero-order valence-electron chi connectivity index (χ0n) is 11.0. The van der Waals surface area contributed by atoms with Gasteiger partial charge in [0.15, 0.2) is 0 Å².